The molecule has 0 radical (unpaired) electrons. The molecule has 2 heterocycles. The number of thiophene rings is 1. The highest BCUT2D eigenvalue weighted by molar-refractivity contribution is 7.11. The van der Waals surface area contributed by atoms with Crippen LogP contribution in [0.15, 0.2) is 36.4 Å². The van der Waals surface area contributed by atoms with E-state index in [2.05, 4.69) is 62.1 Å². The van der Waals surface area contributed by atoms with E-state index in [9.17, 15) is 0 Å². The van der Waals surface area contributed by atoms with Crippen molar-refractivity contribution >= 4 is 11.3 Å². The Hall–Kier alpha value is -1.16. The topological polar surface area (TPSA) is 12.5 Å². The Morgan fingerprint density at radius 2 is 1.54 bits per heavy atom. The molecule has 1 saturated heterocycles. The Morgan fingerprint density at radius 3 is 2.21 bits per heavy atom. The van der Waals surface area contributed by atoms with Gasteiger partial charge in [0.2, 0.25) is 0 Å². The fraction of sp³-hybridized carbons (Fsp3) is 0.600. The van der Waals surface area contributed by atoms with Gasteiger partial charge in [0.15, 0.2) is 0 Å². The minimum absolute atomic E-state index is 0.394. The van der Waals surface area contributed by atoms with Gasteiger partial charge in [0.05, 0.1) is 13.2 Å². The van der Waals surface area contributed by atoms with Crippen molar-refractivity contribution in [3.05, 3.63) is 57.3 Å². The number of rotatable bonds is 10. The summed E-state index contributed by atoms with van der Waals surface area (Å²) in [6.07, 6.45) is 7.46. The van der Waals surface area contributed by atoms with Crippen LogP contribution in [0, 0.1) is 12.3 Å². The molecule has 1 fully saturated rings. The van der Waals surface area contributed by atoms with Gasteiger partial charge in [-0.15, -0.1) is 11.3 Å². The molecule has 0 amide bonds. The molecule has 1 aliphatic rings. The maximum absolute atomic E-state index is 5.47. The molecule has 0 spiro atoms. The van der Waals surface area contributed by atoms with E-state index in [0.29, 0.717) is 5.41 Å². The molecule has 2 nitrogen and oxygen atoms in total. The highest BCUT2D eigenvalue weighted by Crippen LogP contribution is 2.27. The first-order chi connectivity index (χ1) is 13.5. The number of hydrogen-bond acceptors (Lipinski definition) is 3. The Balaban J connectivity index is 1.35. The van der Waals surface area contributed by atoms with Gasteiger partial charge in [-0.25, -0.2) is 0 Å². The summed E-state index contributed by atoms with van der Waals surface area (Å²) in [4.78, 5) is 5.68. The Morgan fingerprint density at radius 1 is 0.893 bits per heavy atom. The SMILES string of the molecule is Cc1ccc(CCCc2ccc(CCCC(C)(C)CN3CCOCC3)s2)cc1. The molecule has 28 heavy (non-hydrogen) atoms. The predicted octanol–water partition coefficient (Wildman–Crippen LogP) is 5.91. The summed E-state index contributed by atoms with van der Waals surface area (Å²) in [5.74, 6) is 0. The molecule has 1 aromatic heterocycles. The van der Waals surface area contributed by atoms with Crippen LogP contribution in [0.2, 0.25) is 0 Å². The van der Waals surface area contributed by atoms with Crippen molar-refractivity contribution in [3.8, 4) is 0 Å². The zero-order chi connectivity index (χ0) is 19.8. The fourth-order valence-corrected chi connectivity index (χ4v) is 5.20. The molecule has 3 heteroatoms. The van der Waals surface area contributed by atoms with Crippen LogP contribution in [-0.2, 0) is 24.0 Å². The Bertz CT molecular complexity index is 698. The van der Waals surface area contributed by atoms with E-state index in [4.69, 9.17) is 4.74 Å². The van der Waals surface area contributed by atoms with Gasteiger partial charge in [-0.2, -0.15) is 0 Å². The second kappa shape index (κ2) is 10.6. The standard InChI is InChI=1S/C25H37NOS/c1-21-9-11-22(12-10-21)6-4-7-23-13-14-24(28-23)8-5-15-25(2,3)20-26-16-18-27-19-17-26/h9-14H,4-8,15-20H2,1-3H3. The number of benzene rings is 1. The second-order valence-corrected chi connectivity index (χ2v) is 10.4. The highest BCUT2D eigenvalue weighted by Gasteiger charge is 2.22. The molecule has 1 aromatic carbocycles. The van der Waals surface area contributed by atoms with Crippen molar-refractivity contribution in [3.63, 3.8) is 0 Å². The molecular formula is C25H37NOS. The van der Waals surface area contributed by atoms with Crippen molar-refractivity contribution in [2.45, 2.75) is 59.3 Å². The summed E-state index contributed by atoms with van der Waals surface area (Å²) in [6, 6.07) is 13.7. The van der Waals surface area contributed by atoms with E-state index in [-0.39, 0.29) is 0 Å². The van der Waals surface area contributed by atoms with Crippen LogP contribution in [0.25, 0.3) is 0 Å². The van der Waals surface area contributed by atoms with E-state index >= 15 is 0 Å². The third kappa shape index (κ3) is 7.35. The van der Waals surface area contributed by atoms with Crippen molar-refractivity contribution in [2.24, 2.45) is 5.41 Å². The molecular weight excluding hydrogens is 362 g/mol. The van der Waals surface area contributed by atoms with E-state index < -0.39 is 0 Å². The monoisotopic (exact) mass is 399 g/mol. The molecule has 154 valence electrons. The van der Waals surface area contributed by atoms with Gasteiger partial charge in [0.1, 0.15) is 0 Å². The molecule has 0 saturated carbocycles. The molecule has 3 rings (SSSR count). The number of morpholine rings is 1. The van der Waals surface area contributed by atoms with Gasteiger partial charge in [0.25, 0.3) is 0 Å². The predicted molar refractivity (Wildman–Crippen MR) is 122 cm³/mol. The normalized spacial score (nSPS) is 15.8. The summed E-state index contributed by atoms with van der Waals surface area (Å²) in [5.41, 5.74) is 3.20. The first-order valence-corrected chi connectivity index (χ1v) is 11.8. The van der Waals surface area contributed by atoms with Crippen LogP contribution in [-0.4, -0.2) is 37.7 Å². The molecule has 1 aliphatic heterocycles. The maximum Gasteiger partial charge on any atom is 0.0594 e. The van der Waals surface area contributed by atoms with Gasteiger partial charge in [-0.05, 0) is 68.6 Å². The van der Waals surface area contributed by atoms with Gasteiger partial charge in [0, 0.05) is 29.4 Å². The Labute approximate surface area is 175 Å². The average Bonchev–Trinajstić information content (AvgIpc) is 3.11. The van der Waals surface area contributed by atoms with Crippen LogP contribution in [0.3, 0.4) is 0 Å². The van der Waals surface area contributed by atoms with Crippen LogP contribution in [0.5, 0.6) is 0 Å². The summed E-state index contributed by atoms with van der Waals surface area (Å²) >= 11 is 2.03. The van der Waals surface area contributed by atoms with Gasteiger partial charge >= 0.3 is 0 Å². The number of ether oxygens (including phenoxy) is 1. The van der Waals surface area contributed by atoms with Crippen LogP contribution in [0.1, 0.15) is 54.0 Å². The molecule has 2 aromatic rings. The lowest BCUT2D eigenvalue weighted by Gasteiger charge is -2.34. The van der Waals surface area contributed by atoms with E-state index in [1.165, 1.54) is 56.2 Å². The molecule has 0 bridgehead atoms. The van der Waals surface area contributed by atoms with Crippen molar-refractivity contribution in [2.75, 3.05) is 32.8 Å². The molecule has 0 unspecified atom stereocenters. The summed E-state index contributed by atoms with van der Waals surface area (Å²) < 4.78 is 5.47. The van der Waals surface area contributed by atoms with Crippen LogP contribution in [0.4, 0.5) is 0 Å². The van der Waals surface area contributed by atoms with Gasteiger partial charge in [-0.1, -0.05) is 43.7 Å². The van der Waals surface area contributed by atoms with Crippen molar-refractivity contribution in [1.82, 2.24) is 4.90 Å². The van der Waals surface area contributed by atoms with Crippen molar-refractivity contribution in [1.29, 1.82) is 0 Å². The third-order valence-electron chi connectivity index (χ3n) is 5.76. The lowest BCUT2D eigenvalue weighted by molar-refractivity contribution is 0.0198. The van der Waals surface area contributed by atoms with E-state index in [1.54, 1.807) is 9.75 Å². The minimum Gasteiger partial charge on any atom is -0.379 e. The first-order valence-electron chi connectivity index (χ1n) is 10.9. The highest BCUT2D eigenvalue weighted by atomic mass is 32.1. The number of nitrogens with zero attached hydrogens (tertiary/aromatic N) is 1. The summed E-state index contributed by atoms with van der Waals surface area (Å²) in [5, 5.41) is 0. The Kier molecular flexibility index (Phi) is 8.13. The fourth-order valence-electron chi connectivity index (χ4n) is 4.10. The number of hydrogen-bond donors (Lipinski definition) is 0. The quantitative estimate of drug-likeness (QED) is 0.492. The molecule has 0 N–H and O–H groups in total. The second-order valence-electron chi connectivity index (χ2n) is 9.11. The lowest BCUT2D eigenvalue weighted by atomic mass is 9.86. The summed E-state index contributed by atoms with van der Waals surface area (Å²) in [7, 11) is 0. The van der Waals surface area contributed by atoms with Crippen LogP contribution >= 0.6 is 11.3 Å². The molecule has 0 atom stereocenters. The third-order valence-corrected chi connectivity index (χ3v) is 6.96. The lowest BCUT2D eigenvalue weighted by Crippen LogP contribution is -2.41. The largest absolute Gasteiger partial charge is 0.379 e. The number of aryl methyl sites for hydroxylation is 4. The zero-order valence-electron chi connectivity index (χ0n) is 18.0. The van der Waals surface area contributed by atoms with E-state index in [0.717, 1.165) is 26.3 Å². The molecule has 0 aliphatic carbocycles. The summed E-state index contributed by atoms with van der Waals surface area (Å²) in [6.45, 7) is 12.2. The minimum atomic E-state index is 0.394. The average molecular weight is 400 g/mol. The zero-order valence-corrected chi connectivity index (χ0v) is 18.8. The first kappa shape index (κ1) is 21.5. The van der Waals surface area contributed by atoms with Gasteiger partial charge < -0.3 is 4.74 Å². The van der Waals surface area contributed by atoms with Gasteiger partial charge in [-0.3, -0.25) is 4.90 Å². The maximum atomic E-state index is 5.47. The van der Waals surface area contributed by atoms with Crippen LogP contribution < -0.4 is 0 Å². The van der Waals surface area contributed by atoms with Crippen molar-refractivity contribution < 1.29 is 4.74 Å². The smallest absolute Gasteiger partial charge is 0.0594 e. The van der Waals surface area contributed by atoms with E-state index in [1.807, 2.05) is 11.3 Å².